The van der Waals surface area contributed by atoms with Crippen LogP contribution in [-0.4, -0.2) is 84.6 Å². The van der Waals surface area contributed by atoms with Crippen LogP contribution in [-0.2, 0) is 20.9 Å². The van der Waals surface area contributed by atoms with E-state index in [1.54, 1.807) is 0 Å². The smallest absolute Gasteiger partial charge is 0.302 e. The summed E-state index contributed by atoms with van der Waals surface area (Å²) in [6.07, 6.45) is -7.89. The zero-order valence-electron chi connectivity index (χ0n) is 18.0. The minimum absolute atomic E-state index is 0.0568. The lowest BCUT2D eigenvalue weighted by Gasteiger charge is -2.45. The van der Waals surface area contributed by atoms with Crippen LogP contribution < -0.4 is 0 Å². The van der Waals surface area contributed by atoms with Crippen LogP contribution in [0.4, 0.5) is 0 Å². The summed E-state index contributed by atoms with van der Waals surface area (Å²) in [5, 5.41) is 73.0. The first kappa shape index (κ1) is 23.9. The summed E-state index contributed by atoms with van der Waals surface area (Å²) in [6.45, 7) is 0.165. The number of fused-ring (bicyclic) bond motifs is 2. The van der Waals surface area contributed by atoms with Crippen molar-refractivity contribution < 1.29 is 54.8 Å². The molecule has 0 amide bonds. The van der Waals surface area contributed by atoms with Gasteiger partial charge in [0, 0.05) is 18.4 Å². The molecule has 0 radical (unpaired) electrons. The van der Waals surface area contributed by atoms with E-state index in [-0.39, 0.29) is 27.8 Å². The molecule has 182 valence electrons. The fraction of sp³-hybridized carbons (Fsp3) is 0.391. The van der Waals surface area contributed by atoms with Gasteiger partial charge in [-0.25, -0.2) is 0 Å². The highest BCUT2D eigenvalue weighted by Crippen LogP contribution is 2.50. The fourth-order valence-corrected chi connectivity index (χ4v) is 4.66. The SMILES string of the molecule is CC(=O)OCC1OC(C2c3cc(CO)cc(O)c3C(=O)c3c(O)ccc(O)c32)C(O)C(O)C1O. The molecule has 34 heavy (non-hydrogen) atoms. The first-order chi connectivity index (χ1) is 16.1. The van der Waals surface area contributed by atoms with Crippen molar-refractivity contribution in [1.82, 2.24) is 0 Å². The number of ether oxygens (including phenoxy) is 2. The monoisotopic (exact) mass is 476 g/mol. The first-order valence-electron chi connectivity index (χ1n) is 10.5. The number of hydrogen-bond donors (Lipinski definition) is 7. The number of aromatic hydroxyl groups is 3. The Kier molecular flexibility index (Phi) is 6.23. The summed E-state index contributed by atoms with van der Waals surface area (Å²) in [6, 6.07) is 4.76. The largest absolute Gasteiger partial charge is 0.508 e. The van der Waals surface area contributed by atoms with E-state index in [1.165, 1.54) is 12.1 Å². The number of phenols is 3. The predicted molar refractivity (Wildman–Crippen MR) is 112 cm³/mol. The summed E-state index contributed by atoms with van der Waals surface area (Å²) in [4.78, 5) is 24.5. The van der Waals surface area contributed by atoms with Crippen LogP contribution in [0.1, 0.15) is 45.5 Å². The maximum absolute atomic E-state index is 13.2. The van der Waals surface area contributed by atoms with Crippen LogP contribution in [0, 0.1) is 0 Å². The molecule has 0 saturated carbocycles. The Morgan fingerprint density at radius 2 is 1.65 bits per heavy atom. The van der Waals surface area contributed by atoms with Crippen LogP contribution in [0.5, 0.6) is 17.2 Å². The van der Waals surface area contributed by atoms with Crippen molar-refractivity contribution in [2.24, 2.45) is 0 Å². The van der Waals surface area contributed by atoms with Gasteiger partial charge in [-0.05, 0) is 29.3 Å². The molecule has 11 heteroatoms. The van der Waals surface area contributed by atoms with E-state index in [0.29, 0.717) is 0 Å². The number of carbonyl (C=O) groups excluding carboxylic acids is 2. The molecular weight excluding hydrogens is 452 g/mol. The Hall–Kier alpha value is -3.22. The molecule has 2 aromatic rings. The summed E-state index contributed by atoms with van der Waals surface area (Å²) < 4.78 is 10.7. The molecular formula is C23H24O11. The molecule has 0 aromatic heterocycles. The van der Waals surface area contributed by atoms with Crippen molar-refractivity contribution in [1.29, 1.82) is 0 Å². The molecule has 0 spiro atoms. The average Bonchev–Trinajstić information content (AvgIpc) is 2.79. The van der Waals surface area contributed by atoms with Gasteiger partial charge in [-0.15, -0.1) is 0 Å². The highest BCUT2D eigenvalue weighted by molar-refractivity contribution is 6.16. The summed E-state index contributed by atoms with van der Waals surface area (Å²) in [5.41, 5.74) is -0.451. The zero-order valence-corrected chi connectivity index (χ0v) is 18.0. The molecule has 6 unspecified atom stereocenters. The van der Waals surface area contributed by atoms with Gasteiger partial charge in [0.05, 0.1) is 23.8 Å². The van der Waals surface area contributed by atoms with Crippen molar-refractivity contribution in [3.8, 4) is 17.2 Å². The number of aliphatic hydroxyl groups excluding tert-OH is 4. The average molecular weight is 476 g/mol. The van der Waals surface area contributed by atoms with Crippen molar-refractivity contribution in [2.45, 2.75) is 50.0 Å². The quantitative estimate of drug-likeness (QED) is 0.220. The normalized spacial score (nSPS) is 28.2. The summed E-state index contributed by atoms with van der Waals surface area (Å²) in [5.74, 6) is -4.16. The topological polar surface area (TPSA) is 194 Å². The maximum Gasteiger partial charge on any atom is 0.302 e. The molecule has 4 rings (SSSR count). The molecule has 7 N–H and O–H groups in total. The van der Waals surface area contributed by atoms with Crippen molar-refractivity contribution in [3.63, 3.8) is 0 Å². The number of hydrogen-bond acceptors (Lipinski definition) is 11. The molecule has 2 aromatic carbocycles. The van der Waals surface area contributed by atoms with Gasteiger partial charge >= 0.3 is 5.97 Å². The molecule has 1 fully saturated rings. The van der Waals surface area contributed by atoms with E-state index in [4.69, 9.17) is 9.47 Å². The van der Waals surface area contributed by atoms with Gasteiger partial charge in [0.2, 0.25) is 5.78 Å². The summed E-state index contributed by atoms with van der Waals surface area (Å²) >= 11 is 0. The molecule has 1 aliphatic carbocycles. The van der Waals surface area contributed by atoms with Crippen molar-refractivity contribution in [2.75, 3.05) is 6.61 Å². The Labute approximate surface area is 193 Å². The highest BCUT2D eigenvalue weighted by atomic mass is 16.6. The molecule has 1 heterocycles. The molecule has 11 nitrogen and oxygen atoms in total. The van der Waals surface area contributed by atoms with Gasteiger partial charge in [-0.1, -0.05) is 6.07 Å². The predicted octanol–water partition coefficient (Wildman–Crippen LogP) is -0.615. The van der Waals surface area contributed by atoms with Crippen molar-refractivity contribution in [3.05, 3.63) is 52.1 Å². The third-order valence-electron chi connectivity index (χ3n) is 6.22. The van der Waals surface area contributed by atoms with Gasteiger partial charge in [0.15, 0.2) is 0 Å². The van der Waals surface area contributed by atoms with E-state index < -0.39 is 78.7 Å². The van der Waals surface area contributed by atoms with E-state index >= 15 is 0 Å². The number of ketones is 1. The van der Waals surface area contributed by atoms with Crippen LogP contribution >= 0.6 is 0 Å². The molecule has 1 aliphatic heterocycles. The maximum atomic E-state index is 13.2. The molecule has 0 bridgehead atoms. The van der Waals surface area contributed by atoms with E-state index in [9.17, 15) is 45.3 Å². The van der Waals surface area contributed by atoms with Crippen molar-refractivity contribution >= 4 is 11.8 Å². The van der Waals surface area contributed by atoms with Gasteiger partial charge < -0.3 is 45.2 Å². The minimum atomic E-state index is -1.77. The Bertz CT molecular complexity index is 1140. The van der Waals surface area contributed by atoms with Crippen LogP contribution in [0.15, 0.2) is 24.3 Å². The number of carbonyl (C=O) groups is 2. The third kappa shape index (κ3) is 3.77. The second-order valence-electron chi connectivity index (χ2n) is 8.35. The van der Waals surface area contributed by atoms with E-state index in [2.05, 4.69) is 0 Å². The zero-order chi connectivity index (χ0) is 24.9. The van der Waals surface area contributed by atoms with Gasteiger partial charge in [-0.2, -0.15) is 0 Å². The van der Waals surface area contributed by atoms with Gasteiger partial charge in [0.25, 0.3) is 0 Å². The minimum Gasteiger partial charge on any atom is -0.508 e. The van der Waals surface area contributed by atoms with Gasteiger partial charge in [0.1, 0.15) is 48.3 Å². The number of rotatable bonds is 4. The number of phenolic OH excluding ortho intramolecular Hbond substituents is 3. The molecule has 1 saturated heterocycles. The highest BCUT2D eigenvalue weighted by Gasteiger charge is 2.51. The van der Waals surface area contributed by atoms with Crippen LogP contribution in [0.3, 0.4) is 0 Å². The standard InChI is InChI=1S/C23H24O11/c1-8(25)33-7-14-19(29)21(31)22(32)23(34-14)16-10-4-9(6-24)5-13(28)15(10)20(30)18-12(27)3-2-11(26)17(16)18/h2-5,14,16,19,21-24,26-29,31-32H,6-7H2,1H3. The van der Waals surface area contributed by atoms with Gasteiger partial charge in [-0.3, -0.25) is 9.59 Å². The lowest BCUT2D eigenvalue weighted by molar-refractivity contribution is -0.234. The Morgan fingerprint density at radius 1 is 0.971 bits per heavy atom. The second-order valence-corrected chi connectivity index (χ2v) is 8.35. The first-order valence-corrected chi connectivity index (χ1v) is 10.5. The summed E-state index contributed by atoms with van der Waals surface area (Å²) in [7, 11) is 0. The third-order valence-corrected chi connectivity index (χ3v) is 6.22. The van der Waals surface area contributed by atoms with Crippen LogP contribution in [0.2, 0.25) is 0 Å². The lowest BCUT2D eigenvalue weighted by Crippen LogP contribution is -2.60. The fourth-order valence-electron chi connectivity index (χ4n) is 4.66. The molecule has 2 aliphatic rings. The number of aliphatic hydroxyl groups is 4. The van der Waals surface area contributed by atoms with E-state index in [1.807, 2.05) is 0 Å². The lowest BCUT2D eigenvalue weighted by atomic mass is 9.71. The second kappa shape index (κ2) is 8.85. The Balaban J connectivity index is 1.93. The van der Waals surface area contributed by atoms with E-state index in [0.717, 1.165) is 19.1 Å². The molecule has 6 atom stereocenters. The number of esters is 1. The number of benzene rings is 2. The Morgan fingerprint density at radius 3 is 2.29 bits per heavy atom. The van der Waals surface area contributed by atoms with Crippen LogP contribution in [0.25, 0.3) is 0 Å².